The Morgan fingerprint density at radius 1 is 1.00 bits per heavy atom. The minimum absolute atomic E-state index is 0.0407. The summed E-state index contributed by atoms with van der Waals surface area (Å²) in [5.41, 5.74) is 1.50. The van der Waals surface area contributed by atoms with Crippen LogP contribution in [-0.2, 0) is 0 Å². The highest BCUT2D eigenvalue weighted by Crippen LogP contribution is 2.21. The summed E-state index contributed by atoms with van der Waals surface area (Å²) in [6.07, 6.45) is 1.62. The van der Waals surface area contributed by atoms with Crippen LogP contribution in [0.1, 0.15) is 10.4 Å². The molecule has 4 rings (SSSR count). The number of rotatable bonds is 3. The van der Waals surface area contributed by atoms with Gasteiger partial charge in [-0.3, -0.25) is 4.79 Å². The maximum absolute atomic E-state index is 12.8. The first-order chi connectivity index (χ1) is 12.8. The molecule has 132 valence electrons. The lowest BCUT2D eigenvalue weighted by Crippen LogP contribution is -2.49. The zero-order valence-corrected chi connectivity index (χ0v) is 14.6. The van der Waals surface area contributed by atoms with E-state index in [-0.39, 0.29) is 5.91 Å². The molecule has 0 spiro atoms. The zero-order chi connectivity index (χ0) is 17.9. The maximum atomic E-state index is 12.8. The Bertz CT molecular complexity index is 936. The van der Waals surface area contributed by atoms with Gasteiger partial charge in [0.25, 0.3) is 5.91 Å². The van der Waals surface area contributed by atoms with Crippen LogP contribution in [0, 0.1) is 0 Å². The number of hydrogen-bond acceptors (Lipinski definition) is 5. The number of piperazine rings is 1. The molecule has 3 aromatic rings. The summed E-state index contributed by atoms with van der Waals surface area (Å²) >= 11 is 0. The number of ether oxygens (including phenoxy) is 1. The summed E-state index contributed by atoms with van der Waals surface area (Å²) in [5.74, 6) is 1.28. The maximum Gasteiger partial charge on any atom is 0.259 e. The van der Waals surface area contributed by atoms with E-state index >= 15 is 0 Å². The number of para-hydroxylation sites is 1. The number of hydrogen-bond donors (Lipinski definition) is 0. The van der Waals surface area contributed by atoms with Crippen molar-refractivity contribution < 1.29 is 9.53 Å². The molecule has 1 amide bonds. The third-order valence-corrected chi connectivity index (χ3v) is 4.67. The fraction of sp³-hybridized carbons (Fsp3) is 0.250. The largest absolute Gasteiger partial charge is 0.480 e. The van der Waals surface area contributed by atoms with Crippen molar-refractivity contribution in [3.63, 3.8) is 0 Å². The van der Waals surface area contributed by atoms with E-state index in [2.05, 4.69) is 22.0 Å². The van der Waals surface area contributed by atoms with E-state index in [4.69, 9.17) is 9.72 Å². The third-order valence-electron chi connectivity index (χ3n) is 4.67. The van der Waals surface area contributed by atoms with Crippen LogP contribution >= 0.6 is 0 Å². The van der Waals surface area contributed by atoms with E-state index in [9.17, 15) is 4.79 Å². The number of nitrogens with zero attached hydrogens (tertiary/aromatic N) is 4. The first kappa shape index (κ1) is 16.3. The molecule has 2 aromatic heterocycles. The molecule has 0 bridgehead atoms. The number of carbonyl (C=O) groups excluding carboxylic acids is 1. The number of amides is 1. The SMILES string of the molecule is COc1ncccc1C(=O)N1CCN(c2ccc3ccccc3n2)CC1. The normalized spacial score (nSPS) is 14.5. The quantitative estimate of drug-likeness (QED) is 0.728. The average molecular weight is 348 g/mol. The molecule has 6 nitrogen and oxygen atoms in total. The molecule has 0 saturated carbocycles. The molecule has 3 heterocycles. The van der Waals surface area contributed by atoms with E-state index in [0.29, 0.717) is 24.5 Å². The second-order valence-corrected chi connectivity index (χ2v) is 6.20. The summed E-state index contributed by atoms with van der Waals surface area (Å²) in [6, 6.07) is 15.7. The van der Waals surface area contributed by atoms with Gasteiger partial charge in [0.1, 0.15) is 11.4 Å². The average Bonchev–Trinajstić information content (AvgIpc) is 2.73. The molecule has 1 saturated heterocycles. The van der Waals surface area contributed by atoms with Gasteiger partial charge in [0.05, 0.1) is 12.6 Å². The fourth-order valence-corrected chi connectivity index (χ4v) is 3.26. The predicted molar refractivity (Wildman–Crippen MR) is 101 cm³/mol. The lowest BCUT2D eigenvalue weighted by molar-refractivity contribution is 0.0742. The van der Waals surface area contributed by atoms with Crippen LogP contribution in [0.5, 0.6) is 5.88 Å². The monoisotopic (exact) mass is 348 g/mol. The fourth-order valence-electron chi connectivity index (χ4n) is 3.26. The zero-order valence-electron chi connectivity index (χ0n) is 14.6. The molecule has 1 fully saturated rings. The Labute approximate surface area is 152 Å². The van der Waals surface area contributed by atoms with Crippen LogP contribution in [0.3, 0.4) is 0 Å². The Morgan fingerprint density at radius 3 is 2.62 bits per heavy atom. The number of pyridine rings is 2. The van der Waals surface area contributed by atoms with Crippen LogP contribution in [0.15, 0.2) is 54.7 Å². The van der Waals surface area contributed by atoms with E-state index in [0.717, 1.165) is 29.8 Å². The van der Waals surface area contributed by atoms with Crippen LogP contribution in [-0.4, -0.2) is 54.1 Å². The molecule has 0 unspecified atom stereocenters. The van der Waals surface area contributed by atoms with Gasteiger partial charge in [0.15, 0.2) is 0 Å². The molecule has 0 aliphatic carbocycles. The van der Waals surface area contributed by atoms with Crippen molar-refractivity contribution >= 4 is 22.6 Å². The minimum Gasteiger partial charge on any atom is -0.480 e. The van der Waals surface area contributed by atoms with E-state index in [1.807, 2.05) is 29.2 Å². The number of benzene rings is 1. The number of fused-ring (bicyclic) bond motifs is 1. The van der Waals surface area contributed by atoms with Gasteiger partial charge in [0.2, 0.25) is 5.88 Å². The third kappa shape index (κ3) is 3.06. The molecule has 1 aliphatic rings. The summed E-state index contributed by atoms with van der Waals surface area (Å²) in [6.45, 7) is 2.79. The number of methoxy groups -OCH3 is 1. The highest BCUT2D eigenvalue weighted by molar-refractivity contribution is 5.96. The summed E-state index contributed by atoms with van der Waals surface area (Å²) in [7, 11) is 1.53. The first-order valence-corrected chi connectivity index (χ1v) is 8.65. The Balaban J connectivity index is 1.47. The van der Waals surface area contributed by atoms with Crippen molar-refractivity contribution in [3.05, 3.63) is 60.3 Å². The Morgan fingerprint density at radius 2 is 1.81 bits per heavy atom. The van der Waals surface area contributed by atoms with Gasteiger partial charge in [-0.1, -0.05) is 18.2 Å². The Hall–Kier alpha value is -3.15. The van der Waals surface area contributed by atoms with Crippen LogP contribution in [0.2, 0.25) is 0 Å². The van der Waals surface area contributed by atoms with Gasteiger partial charge >= 0.3 is 0 Å². The van der Waals surface area contributed by atoms with Crippen molar-refractivity contribution in [2.45, 2.75) is 0 Å². The number of carbonyl (C=O) groups is 1. The smallest absolute Gasteiger partial charge is 0.259 e. The topological polar surface area (TPSA) is 58.6 Å². The van der Waals surface area contributed by atoms with Crippen molar-refractivity contribution in [2.75, 3.05) is 38.2 Å². The van der Waals surface area contributed by atoms with Crippen LogP contribution in [0.4, 0.5) is 5.82 Å². The molecule has 0 radical (unpaired) electrons. The van der Waals surface area contributed by atoms with Gasteiger partial charge < -0.3 is 14.5 Å². The van der Waals surface area contributed by atoms with Crippen LogP contribution in [0.25, 0.3) is 10.9 Å². The highest BCUT2D eigenvalue weighted by Gasteiger charge is 2.25. The van der Waals surface area contributed by atoms with Gasteiger partial charge in [-0.15, -0.1) is 0 Å². The molecule has 1 aromatic carbocycles. The number of aromatic nitrogens is 2. The summed E-state index contributed by atoms with van der Waals surface area (Å²) < 4.78 is 5.21. The standard InChI is InChI=1S/C20H20N4O2/c1-26-19-16(6-4-10-21-19)20(25)24-13-11-23(12-14-24)18-9-8-15-5-2-3-7-17(15)22-18/h2-10H,11-14H2,1H3. The second kappa shape index (κ2) is 7.00. The van der Waals surface area contributed by atoms with E-state index in [1.165, 1.54) is 7.11 Å². The minimum atomic E-state index is -0.0407. The lowest BCUT2D eigenvalue weighted by Gasteiger charge is -2.35. The van der Waals surface area contributed by atoms with Gasteiger partial charge in [-0.05, 0) is 30.3 Å². The molecular formula is C20H20N4O2. The van der Waals surface area contributed by atoms with Crippen LogP contribution < -0.4 is 9.64 Å². The van der Waals surface area contributed by atoms with Crippen molar-refractivity contribution in [1.29, 1.82) is 0 Å². The van der Waals surface area contributed by atoms with Crippen molar-refractivity contribution in [3.8, 4) is 5.88 Å². The van der Waals surface area contributed by atoms with E-state index < -0.39 is 0 Å². The molecule has 0 N–H and O–H groups in total. The number of anilines is 1. The summed E-state index contributed by atoms with van der Waals surface area (Å²) in [5, 5.41) is 1.13. The highest BCUT2D eigenvalue weighted by atomic mass is 16.5. The lowest BCUT2D eigenvalue weighted by atomic mass is 10.2. The van der Waals surface area contributed by atoms with Crippen molar-refractivity contribution in [2.24, 2.45) is 0 Å². The Kier molecular flexibility index (Phi) is 4.39. The van der Waals surface area contributed by atoms with Gasteiger partial charge in [0, 0.05) is 37.8 Å². The van der Waals surface area contributed by atoms with E-state index in [1.54, 1.807) is 18.3 Å². The molecule has 26 heavy (non-hydrogen) atoms. The molecule has 1 aliphatic heterocycles. The van der Waals surface area contributed by atoms with Crippen molar-refractivity contribution in [1.82, 2.24) is 14.9 Å². The predicted octanol–water partition coefficient (Wildman–Crippen LogP) is 2.60. The van der Waals surface area contributed by atoms with Gasteiger partial charge in [-0.2, -0.15) is 0 Å². The second-order valence-electron chi connectivity index (χ2n) is 6.20. The first-order valence-electron chi connectivity index (χ1n) is 8.65. The summed E-state index contributed by atoms with van der Waals surface area (Å²) in [4.78, 5) is 25.7. The molecule has 0 atom stereocenters. The molecular weight excluding hydrogens is 328 g/mol. The molecule has 6 heteroatoms. The van der Waals surface area contributed by atoms with Gasteiger partial charge in [-0.25, -0.2) is 9.97 Å².